The van der Waals surface area contributed by atoms with Gasteiger partial charge in [0.25, 0.3) is 0 Å². The Labute approximate surface area is 150 Å². The summed E-state index contributed by atoms with van der Waals surface area (Å²) in [5.41, 5.74) is 1.54. The van der Waals surface area contributed by atoms with Crippen LogP contribution >= 0.6 is 0 Å². The molecule has 1 aromatic carbocycles. The second-order valence-corrected chi connectivity index (χ2v) is 5.52. The number of nitrogens with zero attached hydrogens (tertiary/aromatic N) is 2. The van der Waals surface area contributed by atoms with E-state index in [4.69, 9.17) is 4.42 Å². The molecule has 0 aliphatic heterocycles. The highest BCUT2D eigenvalue weighted by Gasteiger charge is 2.05. The number of amides is 2. The Morgan fingerprint density at radius 3 is 2.88 bits per heavy atom. The summed E-state index contributed by atoms with van der Waals surface area (Å²) in [5.74, 6) is 0.216. The third kappa shape index (κ3) is 5.20. The molecule has 0 fully saturated rings. The molecule has 0 aliphatic rings. The van der Waals surface area contributed by atoms with Crippen LogP contribution in [0.1, 0.15) is 11.3 Å². The van der Waals surface area contributed by atoms with Gasteiger partial charge in [-0.15, -0.1) is 0 Å². The number of carbonyl (C=O) groups is 2. The Morgan fingerprint density at radius 2 is 2.12 bits per heavy atom. The summed E-state index contributed by atoms with van der Waals surface area (Å²) in [7, 11) is 0. The SMILES string of the molecule is O=C(/C=C/c1ccco1)NCc1cccc(NC(=O)Cn2cccn2)c1. The van der Waals surface area contributed by atoms with E-state index in [1.807, 2.05) is 18.2 Å². The first-order chi connectivity index (χ1) is 12.7. The number of hydrogen-bond donors (Lipinski definition) is 2. The summed E-state index contributed by atoms with van der Waals surface area (Å²) in [6.07, 6.45) is 7.90. The molecule has 2 aromatic heterocycles. The van der Waals surface area contributed by atoms with E-state index in [0.29, 0.717) is 18.0 Å². The highest BCUT2D eigenvalue weighted by molar-refractivity contribution is 5.91. The molecule has 3 rings (SSSR count). The van der Waals surface area contributed by atoms with Gasteiger partial charge in [-0.25, -0.2) is 0 Å². The number of carbonyl (C=O) groups excluding carboxylic acids is 2. The zero-order valence-corrected chi connectivity index (χ0v) is 14.0. The van der Waals surface area contributed by atoms with Gasteiger partial charge in [0.05, 0.1) is 6.26 Å². The van der Waals surface area contributed by atoms with Crippen LogP contribution in [0.25, 0.3) is 6.08 Å². The van der Waals surface area contributed by atoms with E-state index in [1.54, 1.807) is 53.7 Å². The van der Waals surface area contributed by atoms with Gasteiger partial charge >= 0.3 is 0 Å². The van der Waals surface area contributed by atoms with Crippen molar-refractivity contribution in [2.24, 2.45) is 0 Å². The number of benzene rings is 1. The molecule has 2 amide bonds. The van der Waals surface area contributed by atoms with Gasteiger partial charge in [-0.3, -0.25) is 14.3 Å². The maximum Gasteiger partial charge on any atom is 0.246 e. The van der Waals surface area contributed by atoms with Gasteiger partial charge in [-0.2, -0.15) is 5.10 Å². The van der Waals surface area contributed by atoms with Crippen molar-refractivity contribution in [2.45, 2.75) is 13.1 Å². The van der Waals surface area contributed by atoms with E-state index in [1.165, 1.54) is 6.08 Å². The van der Waals surface area contributed by atoms with E-state index in [0.717, 1.165) is 5.56 Å². The van der Waals surface area contributed by atoms with E-state index in [2.05, 4.69) is 15.7 Å². The molecule has 0 saturated carbocycles. The average Bonchev–Trinajstić information content (AvgIpc) is 3.32. The lowest BCUT2D eigenvalue weighted by Gasteiger charge is -2.08. The fourth-order valence-electron chi connectivity index (χ4n) is 2.29. The van der Waals surface area contributed by atoms with Gasteiger partial charge < -0.3 is 15.1 Å². The van der Waals surface area contributed by atoms with Crippen LogP contribution in [0, 0.1) is 0 Å². The van der Waals surface area contributed by atoms with Crippen molar-refractivity contribution in [3.63, 3.8) is 0 Å². The van der Waals surface area contributed by atoms with Gasteiger partial charge in [0.15, 0.2) is 0 Å². The molecule has 132 valence electrons. The summed E-state index contributed by atoms with van der Waals surface area (Å²) in [6.45, 7) is 0.496. The molecule has 0 bridgehead atoms. The molecule has 2 heterocycles. The Morgan fingerprint density at radius 1 is 1.19 bits per heavy atom. The predicted molar refractivity (Wildman–Crippen MR) is 96.9 cm³/mol. The van der Waals surface area contributed by atoms with Gasteiger partial charge in [0, 0.05) is 30.7 Å². The standard InChI is InChI=1S/C19H18N4O3/c24-18(8-7-17-6-2-11-26-17)20-13-15-4-1-5-16(12-15)22-19(25)14-23-10-3-9-21-23/h1-12H,13-14H2,(H,20,24)(H,22,25)/b8-7+. The smallest absolute Gasteiger partial charge is 0.246 e. The van der Waals surface area contributed by atoms with Crippen LogP contribution in [0.3, 0.4) is 0 Å². The van der Waals surface area contributed by atoms with Crippen LogP contribution < -0.4 is 10.6 Å². The first-order valence-electron chi connectivity index (χ1n) is 8.05. The van der Waals surface area contributed by atoms with Gasteiger partial charge in [-0.05, 0) is 42.0 Å². The summed E-state index contributed by atoms with van der Waals surface area (Å²) in [4.78, 5) is 23.8. The molecule has 2 N–H and O–H groups in total. The molecule has 3 aromatic rings. The molecule has 0 radical (unpaired) electrons. The lowest BCUT2D eigenvalue weighted by molar-refractivity contribution is -0.117. The Balaban J connectivity index is 1.50. The second kappa shape index (κ2) is 8.48. The fraction of sp³-hybridized carbons (Fsp3) is 0.105. The second-order valence-electron chi connectivity index (χ2n) is 5.52. The number of anilines is 1. The molecule has 7 heteroatoms. The molecular weight excluding hydrogens is 332 g/mol. The van der Waals surface area contributed by atoms with Crippen LogP contribution in [0.4, 0.5) is 5.69 Å². The summed E-state index contributed by atoms with van der Waals surface area (Å²) < 4.78 is 6.67. The van der Waals surface area contributed by atoms with Gasteiger partial charge in [-0.1, -0.05) is 12.1 Å². The molecule has 0 aliphatic carbocycles. The van der Waals surface area contributed by atoms with Crippen molar-refractivity contribution in [1.82, 2.24) is 15.1 Å². The molecule has 0 saturated heterocycles. The third-order valence-electron chi connectivity index (χ3n) is 3.48. The zero-order chi connectivity index (χ0) is 18.2. The largest absolute Gasteiger partial charge is 0.465 e. The summed E-state index contributed by atoms with van der Waals surface area (Å²) >= 11 is 0. The third-order valence-corrected chi connectivity index (χ3v) is 3.48. The van der Waals surface area contributed by atoms with Crippen molar-refractivity contribution in [1.29, 1.82) is 0 Å². The van der Waals surface area contributed by atoms with Crippen molar-refractivity contribution in [3.8, 4) is 0 Å². The number of hydrogen-bond acceptors (Lipinski definition) is 4. The first-order valence-corrected chi connectivity index (χ1v) is 8.05. The topological polar surface area (TPSA) is 89.2 Å². The van der Waals surface area contributed by atoms with Crippen molar-refractivity contribution in [2.75, 3.05) is 5.32 Å². The van der Waals surface area contributed by atoms with Crippen molar-refractivity contribution in [3.05, 3.63) is 78.5 Å². The molecular formula is C19H18N4O3. The van der Waals surface area contributed by atoms with E-state index in [9.17, 15) is 9.59 Å². The Hall–Kier alpha value is -3.61. The van der Waals surface area contributed by atoms with Crippen LogP contribution in [0.15, 0.2) is 71.6 Å². The lowest BCUT2D eigenvalue weighted by Crippen LogP contribution is -2.21. The lowest BCUT2D eigenvalue weighted by atomic mass is 10.2. The number of nitrogens with one attached hydrogen (secondary N) is 2. The minimum atomic E-state index is -0.227. The first kappa shape index (κ1) is 17.2. The van der Waals surface area contributed by atoms with Crippen molar-refractivity contribution >= 4 is 23.6 Å². The zero-order valence-electron chi connectivity index (χ0n) is 14.0. The van der Waals surface area contributed by atoms with E-state index in [-0.39, 0.29) is 18.4 Å². The maximum atomic E-state index is 12.0. The van der Waals surface area contributed by atoms with Crippen LogP contribution in [0.2, 0.25) is 0 Å². The highest BCUT2D eigenvalue weighted by Crippen LogP contribution is 2.11. The highest BCUT2D eigenvalue weighted by atomic mass is 16.3. The fourth-order valence-corrected chi connectivity index (χ4v) is 2.29. The quantitative estimate of drug-likeness (QED) is 0.641. The molecule has 0 spiro atoms. The normalized spacial score (nSPS) is 10.8. The predicted octanol–water partition coefficient (Wildman–Crippen LogP) is 2.44. The Kier molecular flexibility index (Phi) is 5.61. The van der Waals surface area contributed by atoms with Crippen LogP contribution in [-0.4, -0.2) is 21.6 Å². The van der Waals surface area contributed by atoms with E-state index >= 15 is 0 Å². The van der Waals surface area contributed by atoms with Crippen LogP contribution in [0.5, 0.6) is 0 Å². The van der Waals surface area contributed by atoms with Crippen LogP contribution in [-0.2, 0) is 22.7 Å². The minimum Gasteiger partial charge on any atom is -0.465 e. The Bertz CT molecular complexity index is 883. The summed E-state index contributed by atoms with van der Waals surface area (Å²) in [6, 6.07) is 12.6. The minimum absolute atomic E-state index is 0.144. The van der Waals surface area contributed by atoms with E-state index < -0.39 is 0 Å². The van der Waals surface area contributed by atoms with Gasteiger partial charge in [0.1, 0.15) is 12.3 Å². The molecule has 7 nitrogen and oxygen atoms in total. The summed E-state index contributed by atoms with van der Waals surface area (Å²) in [5, 5.41) is 9.59. The molecule has 0 unspecified atom stereocenters. The van der Waals surface area contributed by atoms with Crippen molar-refractivity contribution < 1.29 is 14.0 Å². The monoisotopic (exact) mass is 350 g/mol. The molecule has 26 heavy (non-hydrogen) atoms. The number of rotatable bonds is 7. The number of aromatic nitrogens is 2. The number of furan rings is 1. The van der Waals surface area contributed by atoms with Gasteiger partial charge in [0.2, 0.25) is 11.8 Å². The molecule has 0 atom stereocenters. The average molecular weight is 350 g/mol. The maximum absolute atomic E-state index is 12.0.